The number of rotatable bonds is 5. The topological polar surface area (TPSA) is 41.6 Å². The Labute approximate surface area is 149 Å². The first-order valence-electron chi connectivity index (χ1n) is 9.02. The molecule has 0 spiro atoms. The van der Waals surface area contributed by atoms with Gasteiger partial charge in [0.15, 0.2) is 0 Å². The van der Waals surface area contributed by atoms with Gasteiger partial charge in [0.1, 0.15) is 0 Å². The van der Waals surface area contributed by atoms with Crippen LogP contribution in [-0.2, 0) is 16.0 Å². The van der Waals surface area contributed by atoms with Gasteiger partial charge >= 0.3 is 0 Å². The monoisotopic (exact) mass is 350 g/mol. The van der Waals surface area contributed by atoms with E-state index in [-0.39, 0.29) is 11.4 Å². The Balaban J connectivity index is 1.58. The molecular weight excluding hydrogens is 324 g/mol. The summed E-state index contributed by atoms with van der Waals surface area (Å²) in [6, 6.07) is 7.50. The van der Waals surface area contributed by atoms with Crippen LogP contribution < -0.4 is 5.32 Å². The molecule has 1 aliphatic heterocycles. The molecule has 1 N–H and O–H groups in total. The quantitative estimate of drug-likeness (QED) is 0.887. The van der Waals surface area contributed by atoms with Gasteiger partial charge in [-0.05, 0) is 30.5 Å². The molecule has 2 fully saturated rings. The van der Waals surface area contributed by atoms with Crippen LogP contribution >= 0.6 is 11.6 Å². The predicted molar refractivity (Wildman–Crippen MR) is 96.4 cm³/mol. The maximum atomic E-state index is 12.4. The van der Waals surface area contributed by atoms with E-state index in [0.717, 1.165) is 38.4 Å². The molecule has 1 aromatic rings. The highest BCUT2D eigenvalue weighted by Crippen LogP contribution is 2.33. The van der Waals surface area contributed by atoms with Gasteiger partial charge in [0.05, 0.1) is 19.6 Å². The van der Waals surface area contributed by atoms with Crippen LogP contribution in [0.4, 0.5) is 0 Å². The van der Waals surface area contributed by atoms with Gasteiger partial charge in [0, 0.05) is 30.2 Å². The van der Waals surface area contributed by atoms with Gasteiger partial charge in [-0.3, -0.25) is 9.69 Å². The lowest BCUT2D eigenvalue weighted by atomic mass is 9.79. The molecule has 132 valence electrons. The SMILES string of the molecule is O=C(Cc1ccc(Cl)cc1)NCC1(N2CCOCC2)CCCCC1. The summed E-state index contributed by atoms with van der Waals surface area (Å²) in [5.74, 6) is 0.0931. The van der Waals surface area contributed by atoms with Gasteiger partial charge < -0.3 is 10.1 Å². The molecule has 1 aromatic carbocycles. The van der Waals surface area contributed by atoms with E-state index < -0.39 is 0 Å². The zero-order valence-corrected chi connectivity index (χ0v) is 15.0. The van der Waals surface area contributed by atoms with E-state index >= 15 is 0 Å². The van der Waals surface area contributed by atoms with Gasteiger partial charge in [-0.1, -0.05) is 43.0 Å². The Morgan fingerprint density at radius 3 is 2.46 bits per heavy atom. The minimum Gasteiger partial charge on any atom is -0.379 e. The minimum atomic E-state index is 0.0931. The number of halogens is 1. The van der Waals surface area contributed by atoms with E-state index in [1.54, 1.807) is 0 Å². The summed E-state index contributed by atoms with van der Waals surface area (Å²) in [6.45, 7) is 4.32. The Kier molecular flexibility index (Phi) is 6.14. The normalized spacial score (nSPS) is 21.4. The van der Waals surface area contributed by atoms with Gasteiger partial charge in [-0.15, -0.1) is 0 Å². The standard InChI is InChI=1S/C19H27ClN2O2/c20-17-6-4-16(5-7-17)14-18(23)21-15-19(8-2-1-3-9-19)22-10-12-24-13-11-22/h4-7H,1-3,8-15H2,(H,21,23). The van der Waals surface area contributed by atoms with Gasteiger partial charge in [0.25, 0.3) is 0 Å². The van der Waals surface area contributed by atoms with E-state index in [9.17, 15) is 4.79 Å². The summed E-state index contributed by atoms with van der Waals surface area (Å²) in [4.78, 5) is 14.9. The Morgan fingerprint density at radius 1 is 1.12 bits per heavy atom. The third-order valence-electron chi connectivity index (χ3n) is 5.36. The molecule has 2 aliphatic rings. The molecule has 0 radical (unpaired) electrons. The lowest BCUT2D eigenvalue weighted by molar-refractivity contribution is -0.121. The second-order valence-corrected chi connectivity index (χ2v) is 7.40. The van der Waals surface area contributed by atoms with Crippen LogP contribution in [0.1, 0.15) is 37.7 Å². The number of hydrogen-bond donors (Lipinski definition) is 1. The molecule has 4 nitrogen and oxygen atoms in total. The zero-order chi connectivity index (χ0) is 16.8. The average Bonchev–Trinajstić information content (AvgIpc) is 2.63. The molecular formula is C19H27ClN2O2. The maximum Gasteiger partial charge on any atom is 0.224 e. The van der Waals surface area contributed by atoms with Crippen LogP contribution in [0.5, 0.6) is 0 Å². The number of nitrogens with one attached hydrogen (secondary N) is 1. The van der Waals surface area contributed by atoms with Crippen molar-refractivity contribution in [3.05, 3.63) is 34.9 Å². The number of amides is 1. The molecule has 5 heteroatoms. The van der Waals surface area contributed by atoms with Gasteiger partial charge in [0.2, 0.25) is 5.91 Å². The van der Waals surface area contributed by atoms with Crippen molar-refractivity contribution in [2.75, 3.05) is 32.8 Å². The van der Waals surface area contributed by atoms with E-state index in [1.165, 1.54) is 32.1 Å². The highest BCUT2D eigenvalue weighted by atomic mass is 35.5. The summed E-state index contributed by atoms with van der Waals surface area (Å²) < 4.78 is 5.51. The van der Waals surface area contributed by atoms with E-state index in [0.29, 0.717) is 11.4 Å². The third kappa shape index (κ3) is 4.50. The van der Waals surface area contributed by atoms with Crippen molar-refractivity contribution in [2.24, 2.45) is 0 Å². The number of morpholine rings is 1. The highest BCUT2D eigenvalue weighted by molar-refractivity contribution is 6.30. The van der Waals surface area contributed by atoms with Crippen molar-refractivity contribution < 1.29 is 9.53 Å². The molecule has 0 atom stereocenters. The van der Waals surface area contributed by atoms with Crippen molar-refractivity contribution in [3.63, 3.8) is 0 Å². The fourth-order valence-corrected chi connectivity index (χ4v) is 4.09. The summed E-state index contributed by atoms with van der Waals surface area (Å²) in [7, 11) is 0. The largest absolute Gasteiger partial charge is 0.379 e. The van der Waals surface area contributed by atoms with Crippen molar-refractivity contribution in [2.45, 2.75) is 44.1 Å². The first kappa shape index (κ1) is 17.7. The Morgan fingerprint density at radius 2 is 1.79 bits per heavy atom. The van der Waals surface area contributed by atoms with Crippen LogP contribution in [-0.4, -0.2) is 49.2 Å². The second-order valence-electron chi connectivity index (χ2n) is 6.96. The summed E-state index contributed by atoms with van der Waals surface area (Å²) >= 11 is 5.90. The number of benzene rings is 1. The molecule has 1 saturated heterocycles. The molecule has 1 aliphatic carbocycles. The molecule has 1 heterocycles. The van der Waals surface area contributed by atoms with Crippen LogP contribution in [0, 0.1) is 0 Å². The minimum absolute atomic E-state index is 0.0931. The third-order valence-corrected chi connectivity index (χ3v) is 5.61. The van der Waals surface area contributed by atoms with E-state index in [2.05, 4.69) is 10.2 Å². The second kappa shape index (κ2) is 8.32. The number of ether oxygens (including phenoxy) is 1. The number of hydrogen-bond acceptors (Lipinski definition) is 3. The average molecular weight is 351 g/mol. The first-order chi connectivity index (χ1) is 11.7. The molecule has 0 bridgehead atoms. The zero-order valence-electron chi connectivity index (χ0n) is 14.2. The molecule has 3 rings (SSSR count). The fraction of sp³-hybridized carbons (Fsp3) is 0.632. The van der Waals surface area contributed by atoms with E-state index in [1.807, 2.05) is 24.3 Å². The highest BCUT2D eigenvalue weighted by Gasteiger charge is 2.38. The lowest BCUT2D eigenvalue weighted by Gasteiger charge is -2.48. The molecule has 1 saturated carbocycles. The maximum absolute atomic E-state index is 12.4. The smallest absolute Gasteiger partial charge is 0.224 e. The van der Waals surface area contributed by atoms with Crippen molar-refractivity contribution >= 4 is 17.5 Å². The van der Waals surface area contributed by atoms with Gasteiger partial charge in [-0.25, -0.2) is 0 Å². The summed E-state index contributed by atoms with van der Waals surface area (Å²) in [5.41, 5.74) is 1.12. The fourth-order valence-electron chi connectivity index (χ4n) is 3.97. The molecule has 0 unspecified atom stereocenters. The molecule has 0 aromatic heterocycles. The molecule has 1 amide bonds. The van der Waals surface area contributed by atoms with Crippen molar-refractivity contribution in [1.82, 2.24) is 10.2 Å². The lowest BCUT2D eigenvalue weighted by Crippen LogP contribution is -2.59. The van der Waals surface area contributed by atoms with Gasteiger partial charge in [-0.2, -0.15) is 0 Å². The number of carbonyl (C=O) groups is 1. The molecule has 24 heavy (non-hydrogen) atoms. The van der Waals surface area contributed by atoms with Crippen molar-refractivity contribution in [1.29, 1.82) is 0 Å². The van der Waals surface area contributed by atoms with Crippen LogP contribution in [0.3, 0.4) is 0 Å². The number of carbonyl (C=O) groups excluding carboxylic acids is 1. The van der Waals surface area contributed by atoms with Crippen LogP contribution in [0.15, 0.2) is 24.3 Å². The van der Waals surface area contributed by atoms with Crippen LogP contribution in [0.2, 0.25) is 5.02 Å². The first-order valence-corrected chi connectivity index (χ1v) is 9.40. The van der Waals surface area contributed by atoms with Crippen LogP contribution in [0.25, 0.3) is 0 Å². The predicted octanol–water partition coefficient (Wildman–Crippen LogP) is 3.03. The number of nitrogens with zero attached hydrogens (tertiary/aromatic N) is 1. The summed E-state index contributed by atoms with van der Waals surface area (Å²) in [6.07, 6.45) is 6.58. The Hall–Kier alpha value is -1.10. The van der Waals surface area contributed by atoms with E-state index in [4.69, 9.17) is 16.3 Å². The van der Waals surface area contributed by atoms with Crippen molar-refractivity contribution in [3.8, 4) is 0 Å². The Bertz CT molecular complexity index is 535. The summed E-state index contributed by atoms with van der Waals surface area (Å²) in [5, 5.41) is 3.90.